The number of carbonyl (C=O) groups excluding carboxylic acids is 2. The smallest absolute Gasteiger partial charge is 0.418 e. The van der Waals surface area contributed by atoms with Crippen molar-refractivity contribution in [2.75, 3.05) is 11.9 Å². The molecule has 0 saturated heterocycles. The quantitative estimate of drug-likeness (QED) is 0.227. The predicted molar refractivity (Wildman–Crippen MR) is 150 cm³/mol. The lowest BCUT2D eigenvalue weighted by molar-refractivity contribution is -0.137. The van der Waals surface area contributed by atoms with E-state index in [0.717, 1.165) is 31.7 Å². The first-order valence-corrected chi connectivity index (χ1v) is 14.2. The number of carbonyl (C=O) groups is 2. The molecule has 0 atom stereocenters. The van der Waals surface area contributed by atoms with Gasteiger partial charge >= 0.3 is 6.18 Å². The van der Waals surface area contributed by atoms with Crippen LogP contribution in [-0.2, 0) is 24.6 Å². The van der Waals surface area contributed by atoms with E-state index < -0.39 is 30.7 Å². The summed E-state index contributed by atoms with van der Waals surface area (Å²) in [6.07, 6.45) is -3.17. The third-order valence-electron chi connectivity index (χ3n) is 7.35. The Hall–Kier alpha value is -3.97. The lowest BCUT2D eigenvalue weighted by Gasteiger charge is -2.27. The fraction of sp³-hybridized carbons (Fsp3) is 0.517. The average molecular weight is 611 g/mol. The Morgan fingerprint density at radius 2 is 1.84 bits per heavy atom. The molecular formula is C29H35F5N6O3. The minimum Gasteiger partial charge on any atom is -0.471 e. The van der Waals surface area contributed by atoms with Crippen LogP contribution in [0.3, 0.4) is 0 Å². The molecule has 2 heterocycles. The molecule has 1 aromatic carbocycles. The Bertz CT molecular complexity index is 1450. The van der Waals surface area contributed by atoms with E-state index >= 15 is 0 Å². The van der Waals surface area contributed by atoms with Crippen LogP contribution in [0.15, 0.2) is 24.3 Å². The van der Waals surface area contributed by atoms with Gasteiger partial charge in [-0.3, -0.25) is 14.2 Å². The maximum Gasteiger partial charge on any atom is 0.418 e. The van der Waals surface area contributed by atoms with Crippen LogP contribution in [0.4, 0.5) is 33.6 Å². The van der Waals surface area contributed by atoms with E-state index in [1.807, 2.05) is 6.92 Å². The number of aryl methyl sites for hydroxylation is 1. The van der Waals surface area contributed by atoms with Gasteiger partial charge in [0.25, 0.3) is 12.3 Å². The number of rotatable bonds is 11. The summed E-state index contributed by atoms with van der Waals surface area (Å²) in [6.45, 7) is 3.00. The van der Waals surface area contributed by atoms with Gasteiger partial charge in [-0.25, -0.2) is 13.8 Å². The van der Waals surface area contributed by atoms with Gasteiger partial charge in [0, 0.05) is 26.1 Å². The second-order valence-corrected chi connectivity index (χ2v) is 10.8. The molecule has 2 amide bonds. The number of pyridine rings is 1. The highest BCUT2D eigenvalue weighted by Gasteiger charge is 2.34. The average Bonchev–Trinajstić information content (AvgIpc) is 3.24. The van der Waals surface area contributed by atoms with E-state index in [2.05, 4.69) is 32.8 Å². The largest absolute Gasteiger partial charge is 0.471 e. The molecule has 4 rings (SSSR count). The summed E-state index contributed by atoms with van der Waals surface area (Å²) in [5.41, 5.74) is -0.696. The number of nitrogens with one attached hydrogen (secondary N) is 3. The van der Waals surface area contributed by atoms with E-state index in [1.165, 1.54) is 29.8 Å². The van der Waals surface area contributed by atoms with Crippen molar-refractivity contribution >= 4 is 34.6 Å². The van der Waals surface area contributed by atoms with Gasteiger partial charge in [0.15, 0.2) is 12.3 Å². The SMILES string of the molecule is CCCC(=O)NCc1ccc(C(F)(F)F)c(Nc2nc3cc(C(=O)NC4CCC(C)CC4)c(OCC(F)F)nc3n2C)c1. The molecule has 9 nitrogen and oxygen atoms in total. The molecule has 1 fully saturated rings. The van der Waals surface area contributed by atoms with Gasteiger partial charge in [0.05, 0.1) is 11.3 Å². The molecule has 3 aromatic rings. The molecule has 0 bridgehead atoms. The van der Waals surface area contributed by atoms with E-state index in [4.69, 9.17) is 4.74 Å². The molecule has 2 aromatic heterocycles. The minimum absolute atomic E-state index is 0.0267. The standard InChI is InChI=1S/C29H35F5N6O3/c1-4-5-24(41)35-14-17-8-11-20(29(32,33)34)21(12-17)37-28-38-22-13-19(26(42)36-18-9-6-16(2)7-10-18)27(43-15-23(30)31)39-25(22)40(28)3/h8,11-13,16,18,23H,4-7,9-10,14-15H2,1-3H3,(H,35,41)(H,36,42)(H,37,38). The first-order chi connectivity index (χ1) is 20.3. The zero-order chi connectivity index (χ0) is 31.3. The number of fused-ring (bicyclic) bond motifs is 1. The van der Waals surface area contributed by atoms with Crippen LogP contribution in [-0.4, -0.2) is 45.4 Å². The van der Waals surface area contributed by atoms with Crippen LogP contribution in [0.1, 0.15) is 73.9 Å². The van der Waals surface area contributed by atoms with E-state index in [1.54, 1.807) is 0 Å². The molecular weight excluding hydrogens is 575 g/mol. The van der Waals surface area contributed by atoms with E-state index in [9.17, 15) is 31.5 Å². The summed E-state index contributed by atoms with van der Waals surface area (Å²) in [4.78, 5) is 33.7. The van der Waals surface area contributed by atoms with E-state index in [0.29, 0.717) is 24.3 Å². The van der Waals surface area contributed by atoms with Crippen molar-refractivity contribution in [2.45, 2.75) is 77.6 Å². The van der Waals surface area contributed by atoms with Crippen molar-refractivity contribution in [3.63, 3.8) is 0 Å². The Morgan fingerprint density at radius 3 is 2.49 bits per heavy atom. The van der Waals surface area contributed by atoms with Gasteiger partial charge in [0.2, 0.25) is 17.7 Å². The lowest BCUT2D eigenvalue weighted by atomic mass is 9.87. The van der Waals surface area contributed by atoms with Crippen molar-refractivity contribution in [3.8, 4) is 5.88 Å². The predicted octanol–water partition coefficient (Wildman–Crippen LogP) is 6.10. The van der Waals surface area contributed by atoms with E-state index in [-0.39, 0.29) is 52.7 Å². The normalized spacial score (nSPS) is 17.2. The Kier molecular flexibility index (Phi) is 10.1. The van der Waals surface area contributed by atoms with Crippen LogP contribution in [0.25, 0.3) is 11.2 Å². The highest BCUT2D eigenvalue weighted by molar-refractivity contribution is 5.99. The number of halogens is 5. The molecule has 234 valence electrons. The van der Waals surface area contributed by atoms with Crippen LogP contribution >= 0.6 is 0 Å². The number of aromatic nitrogens is 3. The second-order valence-electron chi connectivity index (χ2n) is 10.8. The molecule has 0 aliphatic heterocycles. The molecule has 0 radical (unpaired) electrons. The van der Waals surface area contributed by atoms with Crippen molar-refractivity contribution in [3.05, 3.63) is 41.0 Å². The highest BCUT2D eigenvalue weighted by atomic mass is 19.4. The van der Waals surface area contributed by atoms with Crippen molar-refractivity contribution in [1.29, 1.82) is 0 Å². The van der Waals surface area contributed by atoms with Gasteiger partial charge in [-0.05, 0) is 61.8 Å². The third-order valence-corrected chi connectivity index (χ3v) is 7.35. The topological polar surface area (TPSA) is 110 Å². The van der Waals surface area contributed by atoms with Gasteiger partial charge in [-0.15, -0.1) is 0 Å². The van der Waals surface area contributed by atoms with Gasteiger partial charge < -0.3 is 20.7 Å². The molecule has 43 heavy (non-hydrogen) atoms. The van der Waals surface area contributed by atoms with Gasteiger partial charge in [-0.2, -0.15) is 18.2 Å². The Balaban J connectivity index is 1.67. The summed E-state index contributed by atoms with van der Waals surface area (Å²) < 4.78 is 74.2. The fourth-order valence-corrected chi connectivity index (χ4v) is 4.98. The van der Waals surface area contributed by atoms with Crippen molar-refractivity contribution in [2.24, 2.45) is 13.0 Å². The number of alkyl halides is 5. The third kappa shape index (κ3) is 8.11. The number of hydrogen-bond donors (Lipinski definition) is 3. The number of nitrogens with zero attached hydrogens (tertiary/aromatic N) is 3. The maximum atomic E-state index is 13.9. The summed E-state index contributed by atoms with van der Waals surface area (Å²) in [7, 11) is 1.48. The monoisotopic (exact) mass is 610 g/mol. The number of ether oxygens (including phenoxy) is 1. The second kappa shape index (κ2) is 13.6. The number of hydrogen-bond acceptors (Lipinski definition) is 6. The molecule has 1 aliphatic carbocycles. The lowest BCUT2D eigenvalue weighted by Crippen LogP contribution is -2.37. The van der Waals surface area contributed by atoms with Crippen LogP contribution < -0.4 is 20.7 Å². The van der Waals surface area contributed by atoms with Gasteiger partial charge in [-0.1, -0.05) is 19.9 Å². The van der Waals surface area contributed by atoms with Crippen molar-refractivity contribution < 1.29 is 36.3 Å². The highest BCUT2D eigenvalue weighted by Crippen LogP contribution is 2.37. The fourth-order valence-electron chi connectivity index (χ4n) is 4.98. The number of amides is 2. The van der Waals surface area contributed by atoms with Crippen LogP contribution in [0.5, 0.6) is 5.88 Å². The summed E-state index contributed by atoms with van der Waals surface area (Å²) in [5.74, 6) is -0.603. The molecule has 0 spiro atoms. The molecule has 1 saturated carbocycles. The summed E-state index contributed by atoms with van der Waals surface area (Å²) in [5, 5.41) is 8.28. The minimum atomic E-state index is -4.70. The first kappa shape index (κ1) is 32.0. The Morgan fingerprint density at radius 1 is 1.12 bits per heavy atom. The summed E-state index contributed by atoms with van der Waals surface area (Å²) >= 11 is 0. The van der Waals surface area contributed by atoms with Crippen LogP contribution in [0, 0.1) is 5.92 Å². The number of benzene rings is 1. The molecule has 0 unspecified atom stereocenters. The summed E-state index contributed by atoms with van der Waals surface area (Å²) in [6, 6.07) is 4.70. The number of anilines is 2. The molecule has 1 aliphatic rings. The Labute approximate surface area is 245 Å². The first-order valence-electron chi connectivity index (χ1n) is 14.2. The molecule has 14 heteroatoms. The maximum absolute atomic E-state index is 13.9. The zero-order valence-corrected chi connectivity index (χ0v) is 24.2. The van der Waals surface area contributed by atoms with Gasteiger partial charge in [0.1, 0.15) is 11.1 Å². The van der Waals surface area contributed by atoms with Crippen molar-refractivity contribution in [1.82, 2.24) is 25.2 Å². The molecule has 3 N–H and O–H groups in total. The van der Waals surface area contributed by atoms with Crippen LogP contribution in [0.2, 0.25) is 0 Å². The number of imidazole rings is 1. The zero-order valence-electron chi connectivity index (χ0n) is 24.2.